The normalized spacial score (nSPS) is 19.9. The molecule has 120 valence electrons. The third kappa shape index (κ3) is 3.47. The number of hydrogen-bond donors (Lipinski definition) is 1. The van der Waals surface area contributed by atoms with Crippen molar-refractivity contribution in [2.75, 3.05) is 51.5 Å². The first-order valence-electron chi connectivity index (χ1n) is 6.80. The van der Waals surface area contributed by atoms with Gasteiger partial charge in [0, 0.05) is 34.3 Å². The Morgan fingerprint density at radius 3 is 2.71 bits per heavy atom. The predicted molar refractivity (Wildman–Crippen MR) is 84.2 cm³/mol. The van der Waals surface area contributed by atoms with Gasteiger partial charge in [-0.1, -0.05) is 0 Å². The van der Waals surface area contributed by atoms with Crippen molar-refractivity contribution in [3.8, 4) is 0 Å². The average Bonchev–Trinajstić information content (AvgIpc) is 2.82. The molecule has 2 N–H and O–H groups in total. The SMILES string of the molecule is CN(CC1CCCOC1)c1snc(N)c1S(=O)(=O)N(C)C. The Labute approximate surface area is 129 Å². The molecule has 1 unspecified atom stereocenters. The van der Waals surface area contributed by atoms with Gasteiger partial charge in [0.05, 0.1) is 6.61 Å². The van der Waals surface area contributed by atoms with E-state index in [2.05, 4.69) is 4.37 Å². The standard InChI is InChI=1S/C12H22N4O3S2/c1-15(2)21(17,18)10-11(13)14-20-12(10)16(3)7-9-5-4-6-19-8-9/h9H,4-8H2,1-3H3,(H2,13,14). The molecule has 1 fully saturated rings. The van der Waals surface area contributed by atoms with Crippen LogP contribution in [0.15, 0.2) is 4.90 Å². The second-order valence-electron chi connectivity index (χ2n) is 5.45. The fourth-order valence-electron chi connectivity index (χ4n) is 2.37. The highest BCUT2D eigenvalue weighted by atomic mass is 32.2. The van der Waals surface area contributed by atoms with Crippen molar-refractivity contribution in [2.24, 2.45) is 5.92 Å². The molecule has 1 aromatic rings. The van der Waals surface area contributed by atoms with E-state index in [4.69, 9.17) is 10.5 Å². The van der Waals surface area contributed by atoms with E-state index in [-0.39, 0.29) is 10.7 Å². The van der Waals surface area contributed by atoms with Crippen molar-refractivity contribution in [1.29, 1.82) is 0 Å². The summed E-state index contributed by atoms with van der Waals surface area (Å²) < 4.78 is 35.4. The summed E-state index contributed by atoms with van der Waals surface area (Å²) in [6.45, 7) is 2.26. The van der Waals surface area contributed by atoms with Crippen LogP contribution in [0.25, 0.3) is 0 Å². The number of anilines is 2. The third-order valence-electron chi connectivity index (χ3n) is 3.53. The lowest BCUT2D eigenvalue weighted by molar-refractivity contribution is 0.0576. The highest BCUT2D eigenvalue weighted by Gasteiger charge is 2.30. The first-order chi connectivity index (χ1) is 9.84. The Bertz CT molecular complexity index is 579. The largest absolute Gasteiger partial charge is 0.382 e. The zero-order valence-corrected chi connectivity index (χ0v) is 14.2. The van der Waals surface area contributed by atoms with Gasteiger partial charge in [0.1, 0.15) is 5.00 Å². The summed E-state index contributed by atoms with van der Waals surface area (Å²) in [5.74, 6) is 0.470. The van der Waals surface area contributed by atoms with Gasteiger partial charge in [0.25, 0.3) is 0 Å². The molecule has 0 aliphatic carbocycles. The van der Waals surface area contributed by atoms with Crippen molar-refractivity contribution in [3.63, 3.8) is 0 Å². The Morgan fingerprint density at radius 2 is 2.14 bits per heavy atom. The maximum atomic E-state index is 12.4. The molecule has 0 spiro atoms. The van der Waals surface area contributed by atoms with Crippen molar-refractivity contribution in [2.45, 2.75) is 17.7 Å². The lowest BCUT2D eigenvalue weighted by Crippen LogP contribution is -2.32. The Morgan fingerprint density at radius 1 is 1.43 bits per heavy atom. The number of hydrogen-bond acceptors (Lipinski definition) is 7. The van der Waals surface area contributed by atoms with Gasteiger partial charge in [0.2, 0.25) is 10.0 Å². The number of nitrogen functional groups attached to an aromatic ring is 1. The van der Waals surface area contributed by atoms with E-state index in [1.807, 2.05) is 11.9 Å². The summed E-state index contributed by atoms with van der Waals surface area (Å²) >= 11 is 1.12. The highest BCUT2D eigenvalue weighted by Crippen LogP contribution is 2.36. The van der Waals surface area contributed by atoms with Gasteiger partial charge in [-0.15, -0.1) is 0 Å². The molecule has 21 heavy (non-hydrogen) atoms. The summed E-state index contributed by atoms with van der Waals surface area (Å²) in [6, 6.07) is 0. The quantitative estimate of drug-likeness (QED) is 0.858. The zero-order chi connectivity index (χ0) is 15.6. The molecule has 1 saturated heterocycles. The molecule has 0 radical (unpaired) electrons. The van der Waals surface area contributed by atoms with E-state index in [0.29, 0.717) is 17.5 Å². The third-order valence-corrected chi connectivity index (χ3v) is 6.52. The lowest BCUT2D eigenvalue weighted by Gasteiger charge is -2.28. The Balaban J connectivity index is 2.24. The molecule has 0 aromatic carbocycles. The molecule has 0 saturated carbocycles. The van der Waals surface area contributed by atoms with Crippen molar-refractivity contribution < 1.29 is 13.2 Å². The number of nitrogens with two attached hydrogens (primary N) is 1. The molecule has 2 rings (SSSR count). The van der Waals surface area contributed by atoms with Gasteiger partial charge >= 0.3 is 0 Å². The lowest BCUT2D eigenvalue weighted by atomic mass is 10.0. The van der Waals surface area contributed by atoms with Gasteiger partial charge in [0.15, 0.2) is 10.7 Å². The molecule has 0 amide bonds. The van der Waals surface area contributed by atoms with Gasteiger partial charge in [-0.2, -0.15) is 4.37 Å². The minimum atomic E-state index is -3.60. The van der Waals surface area contributed by atoms with Crippen LogP contribution in [0.2, 0.25) is 0 Å². The highest BCUT2D eigenvalue weighted by molar-refractivity contribution is 7.89. The van der Waals surface area contributed by atoms with Crippen LogP contribution in [0.5, 0.6) is 0 Å². The van der Waals surface area contributed by atoms with Gasteiger partial charge < -0.3 is 15.4 Å². The Hall–Kier alpha value is -0.900. The molecular formula is C12H22N4O3S2. The molecule has 1 aliphatic rings. The van der Waals surface area contributed by atoms with Crippen LogP contribution in [0.3, 0.4) is 0 Å². The van der Waals surface area contributed by atoms with E-state index >= 15 is 0 Å². The number of nitrogens with zero attached hydrogens (tertiary/aromatic N) is 3. The molecule has 2 heterocycles. The maximum absolute atomic E-state index is 12.4. The van der Waals surface area contributed by atoms with Gasteiger partial charge in [-0.3, -0.25) is 0 Å². The van der Waals surface area contributed by atoms with Crippen LogP contribution in [0.1, 0.15) is 12.8 Å². The summed E-state index contributed by atoms with van der Waals surface area (Å²) in [7, 11) is 1.26. The number of sulfonamides is 1. The second kappa shape index (κ2) is 6.47. The van der Waals surface area contributed by atoms with E-state index in [0.717, 1.165) is 41.8 Å². The second-order valence-corrected chi connectivity index (χ2v) is 8.29. The van der Waals surface area contributed by atoms with E-state index < -0.39 is 10.0 Å². The summed E-state index contributed by atoms with van der Waals surface area (Å²) in [5.41, 5.74) is 5.78. The monoisotopic (exact) mass is 334 g/mol. The molecule has 1 aromatic heterocycles. The van der Waals surface area contributed by atoms with Gasteiger partial charge in [-0.05, 0) is 30.3 Å². The number of ether oxygens (including phenoxy) is 1. The van der Waals surface area contributed by atoms with Crippen molar-refractivity contribution in [1.82, 2.24) is 8.68 Å². The van der Waals surface area contributed by atoms with Crippen LogP contribution < -0.4 is 10.6 Å². The minimum Gasteiger partial charge on any atom is -0.382 e. The van der Waals surface area contributed by atoms with Crippen LogP contribution in [0.4, 0.5) is 10.8 Å². The minimum absolute atomic E-state index is 0.0652. The predicted octanol–water partition coefficient (Wildman–Crippen LogP) is 0.838. The van der Waals surface area contributed by atoms with Gasteiger partial charge in [-0.25, -0.2) is 12.7 Å². The number of rotatable bonds is 5. The van der Waals surface area contributed by atoms with E-state index in [9.17, 15) is 8.42 Å². The van der Waals surface area contributed by atoms with E-state index in [1.165, 1.54) is 14.1 Å². The summed E-state index contributed by atoms with van der Waals surface area (Å²) in [4.78, 5) is 2.03. The first kappa shape index (κ1) is 16.5. The van der Waals surface area contributed by atoms with E-state index in [1.54, 1.807) is 0 Å². The number of aromatic nitrogens is 1. The molecule has 0 bridgehead atoms. The van der Waals surface area contributed by atoms with Crippen LogP contribution in [0, 0.1) is 5.92 Å². The first-order valence-corrected chi connectivity index (χ1v) is 9.02. The summed E-state index contributed by atoms with van der Waals surface area (Å²) in [6.07, 6.45) is 2.14. The Kier molecular flexibility index (Phi) is 5.07. The topological polar surface area (TPSA) is 88.8 Å². The zero-order valence-electron chi connectivity index (χ0n) is 12.6. The molecule has 7 nitrogen and oxygen atoms in total. The molecular weight excluding hydrogens is 312 g/mol. The van der Waals surface area contributed by atoms with Crippen molar-refractivity contribution >= 4 is 32.4 Å². The maximum Gasteiger partial charge on any atom is 0.249 e. The average molecular weight is 334 g/mol. The van der Waals surface area contributed by atoms with Crippen LogP contribution in [-0.4, -0.2) is 58.0 Å². The molecule has 9 heteroatoms. The van der Waals surface area contributed by atoms with Crippen molar-refractivity contribution in [3.05, 3.63) is 0 Å². The van der Waals surface area contributed by atoms with Crippen LogP contribution >= 0.6 is 11.5 Å². The molecule has 1 atom stereocenters. The summed E-state index contributed by atoms with van der Waals surface area (Å²) in [5, 5.41) is 0.590. The van der Waals surface area contributed by atoms with Crippen LogP contribution in [-0.2, 0) is 14.8 Å². The smallest absolute Gasteiger partial charge is 0.249 e. The fourth-order valence-corrected chi connectivity index (χ4v) is 4.59. The molecule has 1 aliphatic heterocycles. The fraction of sp³-hybridized carbons (Fsp3) is 0.750.